The number of phenolic OH excluding ortho intramolecular Hbond substituents is 5. The van der Waals surface area contributed by atoms with E-state index < -0.39 is 86.4 Å². The first-order valence-electron chi connectivity index (χ1n) is 15.2. The molecule has 0 saturated heterocycles. The lowest BCUT2D eigenvalue weighted by Gasteiger charge is -2.44. The molecule has 3 aromatic carbocycles. The molecule has 7 rings (SSSR count). The molecule has 48 heavy (non-hydrogen) atoms. The largest absolute Gasteiger partial charge is 0.507 e. The molecule has 3 atom stereocenters. The maximum absolute atomic E-state index is 14.4. The summed E-state index contributed by atoms with van der Waals surface area (Å²) in [5.74, 6) is -9.03. The van der Waals surface area contributed by atoms with Gasteiger partial charge in [-0.3, -0.25) is 14.4 Å². The van der Waals surface area contributed by atoms with Gasteiger partial charge < -0.3 is 40.1 Å². The number of phenols is 5. The minimum Gasteiger partial charge on any atom is -0.507 e. The number of benzene rings is 3. The van der Waals surface area contributed by atoms with E-state index in [0.29, 0.717) is 18.4 Å². The van der Waals surface area contributed by atoms with Gasteiger partial charge in [0, 0.05) is 17.5 Å². The van der Waals surface area contributed by atoms with Crippen LogP contribution < -0.4 is 0 Å². The predicted molar refractivity (Wildman–Crippen MR) is 168 cm³/mol. The highest BCUT2D eigenvalue weighted by Crippen LogP contribution is 2.62. The van der Waals surface area contributed by atoms with E-state index in [1.807, 2.05) is 6.92 Å². The SMILES string of the molecule is CCCCC(=O)O[C@H]1c2cc(C)cc(O)c2C(O)=C2C(=O)[C@H]3C=C[C@]21Cc1cc(O)c(C(=O)c2c(O)ccc(O)c2C(=O)OC)c(O)c13. The van der Waals surface area contributed by atoms with Gasteiger partial charge in [-0.05, 0) is 55.2 Å². The van der Waals surface area contributed by atoms with Crippen molar-refractivity contribution in [2.24, 2.45) is 5.41 Å². The number of hydrogen-bond donors (Lipinski definition) is 6. The number of esters is 2. The highest BCUT2D eigenvalue weighted by Gasteiger charge is 2.58. The third kappa shape index (κ3) is 4.58. The van der Waals surface area contributed by atoms with Crippen molar-refractivity contribution >= 4 is 29.3 Å². The summed E-state index contributed by atoms with van der Waals surface area (Å²) >= 11 is 0. The van der Waals surface area contributed by atoms with Crippen molar-refractivity contribution in [1.82, 2.24) is 0 Å². The molecule has 0 fully saturated rings. The highest BCUT2D eigenvalue weighted by atomic mass is 16.5. The molecule has 0 aromatic heterocycles. The summed E-state index contributed by atoms with van der Waals surface area (Å²) in [6.07, 6.45) is 2.93. The summed E-state index contributed by atoms with van der Waals surface area (Å²) in [5.41, 5.74) is -3.15. The van der Waals surface area contributed by atoms with Crippen LogP contribution in [0.15, 0.2) is 48.1 Å². The Bertz CT molecular complexity index is 2020. The minimum atomic E-state index is -1.55. The van der Waals surface area contributed by atoms with Crippen LogP contribution >= 0.6 is 0 Å². The smallest absolute Gasteiger partial charge is 0.342 e. The number of hydrogen-bond acceptors (Lipinski definition) is 12. The number of aliphatic hydroxyl groups is 1. The Morgan fingerprint density at radius 1 is 0.917 bits per heavy atom. The van der Waals surface area contributed by atoms with Crippen LogP contribution in [0.2, 0.25) is 0 Å². The van der Waals surface area contributed by atoms with Crippen LogP contribution in [-0.4, -0.2) is 61.3 Å². The van der Waals surface area contributed by atoms with Gasteiger partial charge in [0.2, 0.25) is 5.78 Å². The molecule has 0 heterocycles. The van der Waals surface area contributed by atoms with Gasteiger partial charge >= 0.3 is 11.9 Å². The molecule has 4 aliphatic rings. The molecule has 1 spiro atoms. The van der Waals surface area contributed by atoms with Crippen molar-refractivity contribution in [3.63, 3.8) is 0 Å². The fourth-order valence-corrected chi connectivity index (χ4v) is 7.19. The molecular formula is C36H32O12. The fraction of sp³-hybridized carbons (Fsp3) is 0.278. The Morgan fingerprint density at radius 3 is 2.27 bits per heavy atom. The summed E-state index contributed by atoms with van der Waals surface area (Å²) in [5, 5.41) is 66.5. The van der Waals surface area contributed by atoms with Gasteiger partial charge in [-0.2, -0.15) is 0 Å². The number of aromatic hydroxyl groups is 5. The summed E-state index contributed by atoms with van der Waals surface area (Å²) in [7, 11) is 0.989. The van der Waals surface area contributed by atoms with Gasteiger partial charge in [0.05, 0.1) is 35.1 Å². The number of unbranched alkanes of at least 4 members (excludes halogenated alkanes) is 1. The third-order valence-electron chi connectivity index (χ3n) is 9.28. The first kappa shape index (κ1) is 32.2. The maximum atomic E-state index is 14.4. The van der Waals surface area contributed by atoms with E-state index in [2.05, 4.69) is 4.74 Å². The molecule has 6 N–H and O–H groups in total. The van der Waals surface area contributed by atoms with E-state index in [1.165, 1.54) is 12.1 Å². The lowest BCUT2D eigenvalue weighted by Crippen LogP contribution is -2.42. The van der Waals surface area contributed by atoms with Gasteiger partial charge in [0.25, 0.3) is 0 Å². The average molecular weight is 657 g/mol. The number of fused-ring (bicyclic) bond motifs is 1. The molecule has 4 aliphatic carbocycles. The molecular weight excluding hydrogens is 624 g/mol. The summed E-state index contributed by atoms with van der Waals surface area (Å²) in [4.78, 5) is 53.9. The number of carbonyl (C=O) groups is 4. The van der Waals surface area contributed by atoms with E-state index in [9.17, 15) is 49.8 Å². The maximum Gasteiger partial charge on any atom is 0.342 e. The molecule has 0 aliphatic heterocycles. The fourth-order valence-electron chi connectivity index (χ4n) is 7.19. The Hall–Kier alpha value is -5.78. The van der Waals surface area contributed by atoms with Crippen LogP contribution in [0.5, 0.6) is 28.7 Å². The molecule has 12 nitrogen and oxygen atoms in total. The topological polar surface area (TPSA) is 208 Å². The summed E-state index contributed by atoms with van der Waals surface area (Å²) in [6.45, 7) is 3.61. The number of aliphatic hydroxyl groups excluding tert-OH is 1. The van der Waals surface area contributed by atoms with E-state index in [0.717, 1.165) is 25.3 Å². The van der Waals surface area contributed by atoms with Crippen LogP contribution in [0.4, 0.5) is 0 Å². The third-order valence-corrected chi connectivity index (χ3v) is 9.28. The number of Topliss-reactive ketones (excluding diaryl/α,β-unsaturated/α-hetero) is 1. The van der Waals surface area contributed by atoms with Gasteiger partial charge in [0.15, 0.2) is 5.78 Å². The molecule has 0 saturated carbocycles. The first-order valence-corrected chi connectivity index (χ1v) is 15.2. The number of rotatable bonds is 7. The average Bonchev–Trinajstić information content (AvgIpc) is 3.25. The molecule has 0 unspecified atom stereocenters. The Kier molecular flexibility index (Phi) is 7.69. The lowest BCUT2D eigenvalue weighted by atomic mass is 9.61. The van der Waals surface area contributed by atoms with Gasteiger partial charge in [-0.1, -0.05) is 31.6 Å². The zero-order valence-electron chi connectivity index (χ0n) is 26.2. The molecule has 0 amide bonds. The van der Waals surface area contributed by atoms with E-state index >= 15 is 0 Å². The second kappa shape index (κ2) is 11.5. The molecule has 248 valence electrons. The van der Waals surface area contributed by atoms with Crippen molar-refractivity contribution in [2.45, 2.75) is 51.6 Å². The number of ether oxygens (including phenoxy) is 2. The van der Waals surface area contributed by atoms with Crippen molar-refractivity contribution in [2.75, 3.05) is 7.11 Å². The second-order valence-electron chi connectivity index (χ2n) is 12.2. The van der Waals surface area contributed by atoms with Crippen LogP contribution in [0.3, 0.4) is 0 Å². The highest BCUT2D eigenvalue weighted by molar-refractivity contribution is 6.20. The normalized spacial score (nSPS) is 20.4. The van der Waals surface area contributed by atoms with Crippen molar-refractivity contribution in [3.05, 3.63) is 92.6 Å². The molecule has 0 radical (unpaired) electrons. The number of carbonyl (C=O) groups excluding carboxylic acids is 4. The molecule has 2 bridgehead atoms. The van der Waals surface area contributed by atoms with Crippen molar-refractivity contribution in [3.8, 4) is 28.7 Å². The van der Waals surface area contributed by atoms with Gasteiger partial charge in [0.1, 0.15) is 51.7 Å². The van der Waals surface area contributed by atoms with Crippen LogP contribution in [-0.2, 0) is 25.5 Å². The van der Waals surface area contributed by atoms with Gasteiger partial charge in [-0.25, -0.2) is 4.79 Å². The van der Waals surface area contributed by atoms with Crippen LogP contribution in [0.1, 0.15) is 92.3 Å². The van der Waals surface area contributed by atoms with E-state index in [1.54, 1.807) is 19.1 Å². The zero-order valence-corrected chi connectivity index (χ0v) is 26.2. The van der Waals surface area contributed by atoms with E-state index in [4.69, 9.17) is 4.74 Å². The van der Waals surface area contributed by atoms with Gasteiger partial charge in [-0.15, -0.1) is 0 Å². The van der Waals surface area contributed by atoms with E-state index in [-0.39, 0.29) is 46.4 Å². The summed E-state index contributed by atoms with van der Waals surface area (Å²) in [6, 6.07) is 6.09. The lowest BCUT2D eigenvalue weighted by molar-refractivity contribution is -0.155. The number of aryl methyl sites for hydroxylation is 1. The monoisotopic (exact) mass is 656 g/mol. The molecule has 12 heteroatoms. The standard InChI is InChI=1S/C36H32O12/c1-4-5-6-23(41)48-34-18-11-15(2)12-21(39)25(18)33(45)29-30(42)17-9-10-36(29,34)14-16-13-22(40)28(31(43)24(16)17)32(44)26-19(37)7-8-20(38)27(26)35(46)47-3/h7-13,17,34,37-40,43,45H,4-6,14H2,1-3H3/t17-,34-,36-/m0/s1. The predicted octanol–water partition coefficient (Wildman–Crippen LogP) is 5.06. The quantitative estimate of drug-likeness (QED) is 0.0853. The van der Waals surface area contributed by atoms with Crippen LogP contribution in [0, 0.1) is 12.3 Å². The molecule has 3 aromatic rings. The minimum absolute atomic E-state index is 0.0700. The number of methoxy groups -OCH3 is 1. The Labute approximate surface area is 273 Å². The van der Waals surface area contributed by atoms with Crippen molar-refractivity contribution in [1.29, 1.82) is 0 Å². The number of allylic oxidation sites excluding steroid dienone is 1. The second-order valence-corrected chi connectivity index (χ2v) is 12.2. The van der Waals surface area contributed by atoms with Crippen LogP contribution in [0.25, 0.3) is 5.76 Å². The Morgan fingerprint density at radius 2 is 1.60 bits per heavy atom. The Balaban J connectivity index is 1.58. The summed E-state index contributed by atoms with van der Waals surface area (Å²) < 4.78 is 10.7. The van der Waals surface area contributed by atoms with Crippen molar-refractivity contribution < 1.29 is 59.3 Å². The zero-order chi connectivity index (χ0) is 34.8. The first-order chi connectivity index (χ1) is 22.8. The number of ketones is 2.